The zero-order valence-electron chi connectivity index (χ0n) is 13.8. The Morgan fingerprint density at radius 2 is 1.67 bits per heavy atom. The maximum atomic E-state index is 6.46. The van der Waals surface area contributed by atoms with E-state index in [2.05, 4.69) is 54.6 Å². The lowest BCUT2D eigenvalue weighted by molar-refractivity contribution is -0.0844. The quantitative estimate of drug-likeness (QED) is 0.528. The van der Waals surface area contributed by atoms with Crippen LogP contribution in [-0.2, 0) is 16.8 Å². The number of rotatable bonds is 1. The van der Waals surface area contributed by atoms with E-state index < -0.39 is 0 Å². The summed E-state index contributed by atoms with van der Waals surface area (Å²) in [5, 5.41) is 1.46. The number of fused-ring (bicyclic) bond motifs is 4. The zero-order valence-corrected chi connectivity index (χ0v) is 14.6. The van der Waals surface area contributed by atoms with Crippen LogP contribution >= 0.6 is 11.3 Å². The van der Waals surface area contributed by atoms with Crippen molar-refractivity contribution < 1.29 is 4.74 Å². The summed E-state index contributed by atoms with van der Waals surface area (Å²) in [5.41, 5.74) is 3.06. The lowest BCUT2D eigenvalue weighted by atomic mass is 9.73. The van der Waals surface area contributed by atoms with Gasteiger partial charge in [-0.15, -0.1) is 11.3 Å². The third-order valence-corrected chi connectivity index (χ3v) is 7.31. The van der Waals surface area contributed by atoms with Gasteiger partial charge in [0, 0.05) is 9.58 Å². The Morgan fingerprint density at radius 1 is 0.917 bits per heavy atom. The summed E-state index contributed by atoms with van der Waals surface area (Å²) in [4.78, 5) is 1.53. The normalized spacial score (nSPS) is 26.6. The van der Waals surface area contributed by atoms with Gasteiger partial charge in [-0.2, -0.15) is 0 Å². The fourth-order valence-electron chi connectivity index (χ4n) is 4.64. The maximum absolute atomic E-state index is 6.46. The molecule has 1 aliphatic heterocycles. The van der Waals surface area contributed by atoms with Crippen LogP contribution in [0.1, 0.15) is 47.6 Å². The largest absolute Gasteiger partial charge is 0.369 e. The number of hydrogen-bond donors (Lipinski definition) is 0. The number of hydrogen-bond acceptors (Lipinski definition) is 2. The van der Waals surface area contributed by atoms with Crippen LogP contribution in [0.3, 0.4) is 0 Å². The van der Waals surface area contributed by atoms with Crippen molar-refractivity contribution in [2.75, 3.05) is 6.61 Å². The minimum atomic E-state index is -0.0114. The van der Waals surface area contributed by atoms with Gasteiger partial charge < -0.3 is 4.74 Å². The fourth-order valence-corrected chi connectivity index (χ4v) is 6.10. The Morgan fingerprint density at radius 3 is 2.50 bits per heavy atom. The van der Waals surface area contributed by atoms with Crippen molar-refractivity contribution in [1.82, 2.24) is 0 Å². The second-order valence-corrected chi connectivity index (χ2v) is 8.24. The predicted molar refractivity (Wildman–Crippen MR) is 101 cm³/mol. The molecular formula is C22H22OS. The van der Waals surface area contributed by atoms with Crippen molar-refractivity contribution >= 4 is 21.4 Å². The molecule has 0 unspecified atom stereocenters. The Kier molecular flexibility index (Phi) is 3.50. The van der Waals surface area contributed by atoms with Crippen LogP contribution in [0, 0.1) is 0 Å². The molecule has 1 aliphatic carbocycles. The Balaban J connectivity index is 1.49. The van der Waals surface area contributed by atoms with E-state index in [-0.39, 0.29) is 5.60 Å². The van der Waals surface area contributed by atoms with Gasteiger partial charge in [-0.3, -0.25) is 0 Å². The van der Waals surface area contributed by atoms with E-state index >= 15 is 0 Å². The van der Waals surface area contributed by atoms with Crippen LogP contribution in [0.4, 0.5) is 0 Å². The van der Waals surface area contributed by atoms with Crippen LogP contribution in [-0.4, -0.2) is 6.61 Å². The molecule has 1 spiro atoms. The summed E-state index contributed by atoms with van der Waals surface area (Å²) in [6.45, 7) is 0.879. The highest BCUT2D eigenvalue weighted by Gasteiger charge is 2.43. The molecule has 2 heterocycles. The number of thiophene rings is 1. The molecule has 0 atom stereocenters. The van der Waals surface area contributed by atoms with Crippen LogP contribution in [0.5, 0.6) is 0 Å². The highest BCUT2D eigenvalue weighted by molar-refractivity contribution is 7.19. The SMILES string of the molecule is c1ccc(C2CCC3(CC2)OCCc2c3sc3ccccc23)cc1. The molecule has 122 valence electrons. The lowest BCUT2D eigenvalue weighted by Crippen LogP contribution is -2.37. The van der Waals surface area contributed by atoms with Gasteiger partial charge in [0.15, 0.2) is 0 Å². The van der Waals surface area contributed by atoms with Gasteiger partial charge in [0.2, 0.25) is 0 Å². The van der Waals surface area contributed by atoms with Gasteiger partial charge >= 0.3 is 0 Å². The molecule has 5 rings (SSSR count). The summed E-state index contributed by atoms with van der Waals surface area (Å²) >= 11 is 1.98. The van der Waals surface area contributed by atoms with E-state index in [0.717, 1.165) is 25.9 Å². The number of ether oxygens (including phenoxy) is 1. The standard InChI is InChI=1S/C22H22OS/c1-2-6-16(7-3-1)17-10-13-22(14-11-17)21-19(12-15-23-22)18-8-4-5-9-20(18)24-21/h1-9,17H,10-15H2. The average Bonchev–Trinajstić information content (AvgIpc) is 3.04. The summed E-state index contributed by atoms with van der Waals surface area (Å²) in [7, 11) is 0. The third-order valence-electron chi connectivity index (χ3n) is 5.91. The Hall–Kier alpha value is -1.64. The van der Waals surface area contributed by atoms with E-state index in [4.69, 9.17) is 4.74 Å². The van der Waals surface area contributed by atoms with E-state index in [0.29, 0.717) is 5.92 Å². The zero-order chi connectivity index (χ0) is 16.0. The Bertz CT molecular complexity index is 856. The first-order chi connectivity index (χ1) is 11.9. The molecule has 0 N–H and O–H groups in total. The average molecular weight is 334 g/mol. The number of benzene rings is 2. The molecule has 2 heteroatoms. The van der Waals surface area contributed by atoms with Crippen LogP contribution in [0.2, 0.25) is 0 Å². The third kappa shape index (κ3) is 2.24. The minimum Gasteiger partial charge on any atom is -0.369 e. The smallest absolute Gasteiger partial charge is 0.103 e. The van der Waals surface area contributed by atoms with Gasteiger partial charge in [-0.25, -0.2) is 0 Å². The van der Waals surface area contributed by atoms with Crippen molar-refractivity contribution in [3.05, 3.63) is 70.6 Å². The monoisotopic (exact) mass is 334 g/mol. The van der Waals surface area contributed by atoms with E-state index in [1.165, 1.54) is 33.4 Å². The minimum absolute atomic E-state index is 0.0114. The van der Waals surface area contributed by atoms with Gasteiger partial charge in [0.05, 0.1) is 6.61 Å². The van der Waals surface area contributed by atoms with Gasteiger partial charge in [-0.1, -0.05) is 48.5 Å². The molecular weight excluding hydrogens is 312 g/mol. The summed E-state index contributed by atoms with van der Waals surface area (Å²) in [6, 6.07) is 19.9. The van der Waals surface area contributed by atoms with E-state index in [1.54, 1.807) is 5.56 Å². The lowest BCUT2D eigenvalue weighted by Gasteiger charge is -2.42. The summed E-state index contributed by atoms with van der Waals surface area (Å²) < 4.78 is 7.89. The van der Waals surface area contributed by atoms with Crippen molar-refractivity contribution in [3.8, 4) is 0 Å². The van der Waals surface area contributed by atoms with Gasteiger partial charge in [0.1, 0.15) is 5.60 Å². The summed E-state index contributed by atoms with van der Waals surface area (Å²) in [5.74, 6) is 0.695. The Labute approximate surface area is 147 Å². The topological polar surface area (TPSA) is 9.23 Å². The van der Waals surface area contributed by atoms with Crippen molar-refractivity contribution in [1.29, 1.82) is 0 Å². The molecule has 24 heavy (non-hydrogen) atoms. The highest BCUT2D eigenvalue weighted by atomic mass is 32.1. The molecule has 0 amide bonds. The highest BCUT2D eigenvalue weighted by Crippen LogP contribution is 2.52. The predicted octanol–water partition coefficient (Wildman–Crippen LogP) is 6.03. The first kappa shape index (κ1) is 14.7. The van der Waals surface area contributed by atoms with Crippen LogP contribution < -0.4 is 0 Å². The molecule has 1 nitrogen and oxygen atoms in total. The molecule has 1 fully saturated rings. The molecule has 2 aliphatic rings. The molecule has 2 aromatic carbocycles. The van der Waals surface area contributed by atoms with Gasteiger partial charge in [-0.05, 0) is 60.6 Å². The molecule has 1 aromatic heterocycles. The summed E-state index contributed by atoms with van der Waals surface area (Å²) in [6.07, 6.45) is 5.86. The van der Waals surface area contributed by atoms with E-state index in [9.17, 15) is 0 Å². The first-order valence-electron chi connectivity index (χ1n) is 9.05. The van der Waals surface area contributed by atoms with Crippen LogP contribution in [0.25, 0.3) is 10.1 Å². The van der Waals surface area contributed by atoms with Crippen LogP contribution in [0.15, 0.2) is 54.6 Å². The van der Waals surface area contributed by atoms with E-state index in [1.807, 2.05) is 11.3 Å². The fraction of sp³-hybridized carbons (Fsp3) is 0.364. The van der Waals surface area contributed by atoms with Crippen molar-refractivity contribution in [2.24, 2.45) is 0 Å². The second-order valence-electron chi connectivity index (χ2n) is 7.18. The van der Waals surface area contributed by atoms with Crippen molar-refractivity contribution in [3.63, 3.8) is 0 Å². The molecule has 1 saturated carbocycles. The molecule has 0 bridgehead atoms. The molecule has 3 aromatic rings. The molecule has 0 radical (unpaired) electrons. The second kappa shape index (κ2) is 5.72. The molecule has 0 saturated heterocycles. The van der Waals surface area contributed by atoms with Gasteiger partial charge in [0.25, 0.3) is 0 Å². The first-order valence-corrected chi connectivity index (χ1v) is 9.87. The maximum Gasteiger partial charge on any atom is 0.103 e. The van der Waals surface area contributed by atoms with Crippen molar-refractivity contribution in [2.45, 2.75) is 43.6 Å².